The lowest BCUT2D eigenvalue weighted by atomic mass is 10.0. The van der Waals surface area contributed by atoms with Crippen LogP contribution in [0, 0.1) is 0 Å². The van der Waals surface area contributed by atoms with Crippen molar-refractivity contribution in [2.24, 2.45) is 5.73 Å². The van der Waals surface area contributed by atoms with Crippen LogP contribution in [0.4, 0.5) is 0 Å². The minimum atomic E-state index is -1.01. The van der Waals surface area contributed by atoms with Crippen molar-refractivity contribution in [3.8, 4) is 5.69 Å². The van der Waals surface area contributed by atoms with Crippen molar-refractivity contribution in [3.63, 3.8) is 0 Å². The zero-order valence-electron chi connectivity index (χ0n) is 11.9. The maximum absolute atomic E-state index is 11.5. The second-order valence-electron chi connectivity index (χ2n) is 4.72. The Morgan fingerprint density at radius 3 is 2.81 bits per heavy atom. The van der Waals surface area contributed by atoms with Gasteiger partial charge in [0.25, 0.3) is 0 Å². The molecule has 1 aromatic carbocycles. The van der Waals surface area contributed by atoms with Gasteiger partial charge in [-0.15, -0.1) is 5.10 Å². The number of nitrogens with two attached hydrogens (primary N) is 1. The summed E-state index contributed by atoms with van der Waals surface area (Å²) in [6, 6.07) is 9.60. The van der Waals surface area contributed by atoms with Crippen LogP contribution >= 0.6 is 11.8 Å². The Morgan fingerprint density at radius 2 is 2.14 bits per heavy atom. The second kappa shape index (κ2) is 6.68. The van der Waals surface area contributed by atoms with Gasteiger partial charge >= 0.3 is 5.97 Å². The first-order valence-electron chi connectivity index (χ1n) is 6.38. The number of carbonyl (C=O) groups excluding carboxylic acids is 1. The molecule has 2 rings (SSSR count). The number of hydrogen-bond donors (Lipinski definition) is 1. The van der Waals surface area contributed by atoms with Crippen LogP contribution in [0.15, 0.2) is 35.5 Å². The van der Waals surface area contributed by atoms with Gasteiger partial charge in [-0.3, -0.25) is 4.79 Å². The maximum Gasteiger partial charge on any atom is 0.325 e. The summed E-state index contributed by atoms with van der Waals surface area (Å²) in [4.78, 5) is 11.5. The first-order chi connectivity index (χ1) is 10.0. The van der Waals surface area contributed by atoms with Crippen molar-refractivity contribution in [1.29, 1.82) is 0 Å². The SMILES string of the molecule is COC(=O)C(C)(N)CCSc1nnnn1-c1ccccc1. The van der Waals surface area contributed by atoms with E-state index < -0.39 is 11.5 Å². The van der Waals surface area contributed by atoms with Gasteiger partial charge in [0, 0.05) is 5.75 Å². The van der Waals surface area contributed by atoms with Crippen LogP contribution in [-0.2, 0) is 9.53 Å². The van der Waals surface area contributed by atoms with Crippen molar-refractivity contribution in [3.05, 3.63) is 30.3 Å². The fourth-order valence-corrected chi connectivity index (χ4v) is 2.76. The topological polar surface area (TPSA) is 95.9 Å². The number of tetrazole rings is 1. The van der Waals surface area contributed by atoms with Crippen molar-refractivity contribution < 1.29 is 9.53 Å². The number of hydrogen-bond acceptors (Lipinski definition) is 7. The molecule has 0 saturated heterocycles. The fraction of sp³-hybridized carbons (Fsp3) is 0.385. The maximum atomic E-state index is 11.5. The molecule has 1 unspecified atom stereocenters. The summed E-state index contributed by atoms with van der Waals surface area (Å²) in [6.45, 7) is 1.65. The van der Waals surface area contributed by atoms with Gasteiger partial charge in [-0.25, -0.2) is 0 Å². The number of para-hydroxylation sites is 1. The van der Waals surface area contributed by atoms with E-state index in [1.54, 1.807) is 11.6 Å². The molecule has 0 aliphatic heterocycles. The van der Waals surface area contributed by atoms with Crippen molar-refractivity contribution >= 4 is 17.7 Å². The Balaban J connectivity index is 2.00. The quantitative estimate of drug-likeness (QED) is 0.629. The number of ether oxygens (including phenoxy) is 1. The average Bonchev–Trinajstić information content (AvgIpc) is 2.95. The van der Waals surface area contributed by atoms with Gasteiger partial charge < -0.3 is 10.5 Å². The molecule has 112 valence electrons. The molecular formula is C13H17N5O2S. The highest BCUT2D eigenvalue weighted by atomic mass is 32.2. The molecule has 1 atom stereocenters. The Kier molecular flexibility index (Phi) is 4.92. The van der Waals surface area contributed by atoms with Gasteiger partial charge in [-0.05, 0) is 35.9 Å². The minimum absolute atomic E-state index is 0.425. The second-order valence-corrected chi connectivity index (χ2v) is 5.78. The molecule has 7 nitrogen and oxygen atoms in total. The third kappa shape index (κ3) is 3.79. The molecule has 0 radical (unpaired) electrons. The van der Waals surface area contributed by atoms with Crippen LogP contribution in [0.5, 0.6) is 0 Å². The van der Waals surface area contributed by atoms with Crippen LogP contribution in [-0.4, -0.2) is 44.6 Å². The molecule has 0 aliphatic carbocycles. The number of aromatic nitrogens is 4. The lowest BCUT2D eigenvalue weighted by molar-refractivity contribution is -0.146. The summed E-state index contributed by atoms with van der Waals surface area (Å²) in [7, 11) is 1.33. The third-order valence-electron chi connectivity index (χ3n) is 2.95. The van der Waals surface area contributed by atoms with E-state index in [2.05, 4.69) is 20.3 Å². The molecule has 0 spiro atoms. The Bertz CT molecular complexity index is 600. The molecule has 21 heavy (non-hydrogen) atoms. The van der Waals surface area contributed by atoms with E-state index in [1.165, 1.54) is 18.9 Å². The summed E-state index contributed by atoms with van der Waals surface area (Å²) >= 11 is 1.44. The summed E-state index contributed by atoms with van der Waals surface area (Å²) in [5.74, 6) is 0.181. The van der Waals surface area contributed by atoms with Crippen molar-refractivity contribution in [1.82, 2.24) is 20.2 Å². The zero-order valence-corrected chi connectivity index (χ0v) is 12.7. The Hall–Kier alpha value is -1.93. The van der Waals surface area contributed by atoms with E-state index in [-0.39, 0.29) is 0 Å². The third-order valence-corrected chi connectivity index (χ3v) is 3.87. The van der Waals surface area contributed by atoms with Gasteiger partial charge in [0.05, 0.1) is 12.8 Å². The lowest BCUT2D eigenvalue weighted by Crippen LogP contribution is -2.46. The molecule has 1 aromatic heterocycles. The standard InChI is InChI=1S/C13H17N5O2S/c1-13(14,11(19)20-2)8-9-21-12-15-16-17-18(12)10-6-4-3-5-7-10/h3-7H,8-9,14H2,1-2H3. The number of carbonyl (C=O) groups is 1. The number of nitrogens with zero attached hydrogens (tertiary/aromatic N) is 4. The summed E-state index contributed by atoms with van der Waals surface area (Å²) < 4.78 is 6.33. The summed E-state index contributed by atoms with van der Waals surface area (Å²) in [5.41, 5.74) is 5.79. The first kappa shape index (κ1) is 15.5. The predicted molar refractivity (Wildman–Crippen MR) is 79.1 cm³/mol. The molecule has 0 saturated carbocycles. The van der Waals surface area contributed by atoms with Gasteiger partial charge in [-0.1, -0.05) is 30.0 Å². The molecule has 0 bridgehead atoms. The van der Waals surface area contributed by atoms with E-state index in [4.69, 9.17) is 5.73 Å². The highest BCUT2D eigenvalue weighted by molar-refractivity contribution is 7.99. The Morgan fingerprint density at radius 1 is 1.43 bits per heavy atom. The van der Waals surface area contributed by atoms with Crippen LogP contribution in [0.2, 0.25) is 0 Å². The van der Waals surface area contributed by atoms with E-state index in [9.17, 15) is 4.79 Å². The number of thioether (sulfide) groups is 1. The monoisotopic (exact) mass is 307 g/mol. The number of esters is 1. The van der Waals surface area contributed by atoms with Gasteiger partial charge in [0.15, 0.2) is 0 Å². The van der Waals surface area contributed by atoms with E-state index in [1.807, 2.05) is 30.3 Å². The summed E-state index contributed by atoms with van der Waals surface area (Å²) in [6.07, 6.45) is 0.464. The van der Waals surface area contributed by atoms with Crippen molar-refractivity contribution in [2.75, 3.05) is 12.9 Å². The highest BCUT2D eigenvalue weighted by Gasteiger charge is 2.29. The normalized spacial score (nSPS) is 13.7. The van der Waals surface area contributed by atoms with Crippen molar-refractivity contribution in [2.45, 2.75) is 24.0 Å². The first-order valence-corrected chi connectivity index (χ1v) is 7.37. The zero-order chi connectivity index (χ0) is 15.3. The highest BCUT2D eigenvalue weighted by Crippen LogP contribution is 2.21. The minimum Gasteiger partial charge on any atom is -0.468 e. The lowest BCUT2D eigenvalue weighted by Gasteiger charge is -2.20. The molecule has 2 N–H and O–H groups in total. The number of methoxy groups -OCH3 is 1. The Labute approximate surface area is 126 Å². The van der Waals surface area contributed by atoms with E-state index >= 15 is 0 Å². The van der Waals surface area contributed by atoms with Crippen LogP contribution in [0.3, 0.4) is 0 Å². The number of rotatable bonds is 6. The smallest absolute Gasteiger partial charge is 0.325 e. The van der Waals surface area contributed by atoms with Crippen LogP contribution in [0.25, 0.3) is 5.69 Å². The van der Waals surface area contributed by atoms with Gasteiger partial charge in [0.2, 0.25) is 5.16 Å². The molecule has 0 amide bonds. The predicted octanol–water partition coefficient (Wildman–Crippen LogP) is 1.03. The van der Waals surface area contributed by atoms with E-state index in [0.29, 0.717) is 17.3 Å². The van der Waals surface area contributed by atoms with Gasteiger partial charge in [0.1, 0.15) is 5.54 Å². The summed E-state index contributed by atoms with van der Waals surface area (Å²) in [5, 5.41) is 12.3. The fourth-order valence-electron chi connectivity index (χ4n) is 1.69. The van der Waals surface area contributed by atoms with Crippen LogP contribution < -0.4 is 5.73 Å². The largest absolute Gasteiger partial charge is 0.468 e. The van der Waals surface area contributed by atoms with E-state index in [0.717, 1.165) is 5.69 Å². The van der Waals surface area contributed by atoms with Crippen LogP contribution in [0.1, 0.15) is 13.3 Å². The molecule has 8 heteroatoms. The molecule has 1 heterocycles. The molecular weight excluding hydrogens is 290 g/mol. The molecule has 0 aliphatic rings. The van der Waals surface area contributed by atoms with Gasteiger partial charge in [-0.2, -0.15) is 4.68 Å². The molecule has 2 aromatic rings. The average molecular weight is 307 g/mol. The number of benzene rings is 1. The molecule has 0 fully saturated rings.